The van der Waals surface area contributed by atoms with Crippen LogP contribution in [0, 0.1) is 0 Å². The van der Waals surface area contributed by atoms with Crippen LogP contribution in [0.15, 0.2) is 87.9 Å². The van der Waals surface area contributed by atoms with E-state index in [-0.39, 0.29) is 11.7 Å². The lowest BCUT2D eigenvalue weighted by molar-refractivity contribution is -0.118. The normalized spacial score (nSPS) is 11.1. The van der Waals surface area contributed by atoms with Gasteiger partial charge in [-0.25, -0.2) is 5.43 Å². The van der Waals surface area contributed by atoms with Crippen LogP contribution in [-0.4, -0.2) is 38.9 Å². The highest BCUT2D eigenvalue weighted by Gasteiger charge is 2.17. The number of aromatic nitrogens is 3. The van der Waals surface area contributed by atoms with Crippen molar-refractivity contribution < 1.29 is 4.79 Å². The number of halogens is 2. The maximum absolute atomic E-state index is 12.4. The van der Waals surface area contributed by atoms with E-state index in [9.17, 15) is 4.79 Å². The van der Waals surface area contributed by atoms with E-state index in [1.807, 2.05) is 59.4 Å². The molecule has 1 N–H and O–H groups in total. The van der Waals surface area contributed by atoms with Gasteiger partial charge >= 0.3 is 0 Å². The van der Waals surface area contributed by atoms with Gasteiger partial charge < -0.3 is 0 Å². The van der Waals surface area contributed by atoms with Crippen molar-refractivity contribution in [3.63, 3.8) is 0 Å². The first-order valence-corrected chi connectivity index (χ1v) is 13.1. The molecule has 4 rings (SSSR count). The van der Waals surface area contributed by atoms with Crippen molar-refractivity contribution >= 4 is 58.8 Å². The van der Waals surface area contributed by atoms with Gasteiger partial charge in [0.1, 0.15) is 0 Å². The molecule has 0 fully saturated rings. The van der Waals surface area contributed by atoms with Crippen LogP contribution in [0.4, 0.5) is 0 Å². The molecule has 172 valence electrons. The van der Waals surface area contributed by atoms with Crippen LogP contribution < -0.4 is 5.43 Å². The Bertz CT molecular complexity index is 1290. The average molecular weight is 528 g/mol. The van der Waals surface area contributed by atoms with Crippen molar-refractivity contribution in [1.29, 1.82) is 0 Å². The largest absolute Gasteiger partial charge is 0.272 e. The molecule has 0 aliphatic carbocycles. The molecular weight excluding hydrogens is 509 g/mol. The maximum Gasteiger partial charge on any atom is 0.250 e. The van der Waals surface area contributed by atoms with E-state index in [0.29, 0.717) is 21.0 Å². The number of carbonyl (C=O) groups is 1. The van der Waals surface area contributed by atoms with Gasteiger partial charge in [-0.2, -0.15) is 5.10 Å². The Morgan fingerprint density at radius 2 is 1.62 bits per heavy atom. The third kappa shape index (κ3) is 6.21. The van der Waals surface area contributed by atoms with Crippen LogP contribution in [0.3, 0.4) is 0 Å². The van der Waals surface area contributed by atoms with Gasteiger partial charge in [-0.15, -0.1) is 22.0 Å². The number of hydrogen-bond acceptors (Lipinski definition) is 6. The zero-order chi connectivity index (χ0) is 23.9. The molecule has 0 bridgehead atoms. The zero-order valence-electron chi connectivity index (χ0n) is 18.0. The highest BCUT2D eigenvalue weighted by atomic mass is 35.5. The number of hydrazone groups is 1. The van der Waals surface area contributed by atoms with Gasteiger partial charge in [0.05, 0.1) is 12.0 Å². The summed E-state index contributed by atoms with van der Waals surface area (Å²) in [7, 11) is 0. The average Bonchev–Trinajstić information content (AvgIpc) is 3.28. The zero-order valence-corrected chi connectivity index (χ0v) is 21.1. The predicted octanol–water partition coefficient (Wildman–Crippen LogP) is 6.21. The Kier molecular flexibility index (Phi) is 8.29. The van der Waals surface area contributed by atoms with Crippen molar-refractivity contribution in [1.82, 2.24) is 20.2 Å². The molecule has 6 nitrogen and oxygen atoms in total. The number of nitrogens with one attached hydrogen (secondary N) is 1. The smallest absolute Gasteiger partial charge is 0.250 e. The maximum atomic E-state index is 12.4. The van der Waals surface area contributed by atoms with E-state index >= 15 is 0 Å². The number of benzene rings is 3. The number of thioether (sulfide) groups is 2. The third-order valence-corrected chi connectivity index (χ3v) is 6.85. The summed E-state index contributed by atoms with van der Waals surface area (Å²) in [5.74, 6) is 0.504. The summed E-state index contributed by atoms with van der Waals surface area (Å²) < 4.78 is 1.88. The highest BCUT2D eigenvalue weighted by molar-refractivity contribution is 7.99. The first kappa shape index (κ1) is 24.3. The van der Waals surface area contributed by atoms with Crippen molar-refractivity contribution in [2.24, 2.45) is 5.10 Å². The third-order valence-electron chi connectivity index (χ3n) is 4.67. The van der Waals surface area contributed by atoms with Gasteiger partial charge in [-0.05, 0) is 72.5 Å². The predicted molar refractivity (Wildman–Crippen MR) is 141 cm³/mol. The van der Waals surface area contributed by atoms with Crippen molar-refractivity contribution in [3.05, 3.63) is 88.4 Å². The minimum absolute atomic E-state index is 0.120. The molecule has 0 aliphatic heterocycles. The molecule has 4 aromatic rings. The van der Waals surface area contributed by atoms with Crippen LogP contribution in [0.25, 0.3) is 17.1 Å². The van der Waals surface area contributed by atoms with E-state index in [2.05, 4.69) is 20.7 Å². The fourth-order valence-corrected chi connectivity index (χ4v) is 4.41. The summed E-state index contributed by atoms with van der Waals surface area (Å²) in [5.41, 5.74) is 5.14. The topological polar surface area (TPSA) is 72.2 Å². The van der Waals surface area contributed by atoms with E-state index in [1.165, 1.54) is 16.7 Å². The Morgan fingerprint density at radius 3 is 2.26 bits per heavy atom. The molecule has 3 aromatic carbocycles. The van der Waals surface area contributed by atoms with Gasteiger partial charge in [0, 0.05) is 26.2 Å². The lowest BCUT2D eigenvalue weighted by atomic mass is 10.2. The molecule has 0 radical (unpaired) electrons. The summed E-state index contributed by atoms with van der Waals surface area (Å²) >= 11 is 15.0. The van der Waals surface area contributed by atoms with E-state index in [4.69, 9.17) is 23.2 Å². The molecule has 1 amide bonds. The second-order valence-corrected chi connectivity index (χ2v) is 9.67. The number of amides is 1. The van der Waals surface area contributed by atoms with Crippen LogP contribution in [0.1, 0.15) is 5.56 Å². The Labute approximate surface area is 215 Å². The summed E-state index contributed by atoms with van der Waals surface area (Å²) in [5, 5.41) is 14.6. The quantitative estimate of drug-likeness (QED) is 0.167. The Morgan fingerprint density at radius 1 is 0.971 bits per heavy atom. The summed E-state index contributed by atoms with van der Waals surface area (Å²) in [6.45, 7) is 0. The molecule has 0 unspecified atom stereocenters. The molecule has 0 atom stereocenters. The number of nitrogens with zero attached hydrogens (tertiary/aromatic N) is 4. The van der Waals surface area contributed by atoms with Crippen molar-refractivity contribution in [2.75, 3.05) is 12.0 Å². The van der Waals surface area contributed by atoms with E-state index < -0.39 is 0 Å². The van der Waals surface area contributed by atoms with Crippen LogP contribution in [0.2, 0.25) is 10.0 Å². The molecule has 10 heteroatoms. The van der Waals surface area contributed by atoms with Crippen LogP contribution in [-0.2, 0) is 4.79 Å². The van der Waals surface area contributed by atoms with Gasteiger partial charge in [0.25, 0.3) is 5.91 Å². The van der Waals surface area contributed by atoms with Gasteiger partial charge in [0.15, 0.2) is 11.0 Å². The molecule has 0 aliphatic rings. The number of rotatable bonds is 8. The molecule has 0 saturated carbocycles. The highest BCUT2D eigenvalue weighted by Crippen LogP contribution is 2.29. The van der Waals surface area contributed by atoms with E-state index in [1.54, 1.807) is 42.2 Å². The van der Waals surface area contributed by atoms with Gasteiger partial charge in [-0.3, -0.25) is 9.36 Å². The molecule has 1 aromatic heterocycles. The fraction of sp³-hybridized carbons (Fsp3) is 0.0833. The number of carbonyl (C=O) groups excluding carboxylic acids is 1. The number of hydrogen-bond donors (Lipinski definition) is 1. The lowest BCUT2D eigenvalue weighted by Crippen LogP contribution is -2.20. The second-order valence-electron chi connectivity index (χ2n) is 6.98. The van der Waals surface area contributed by atoms with Crippen LogP contribution >= 0.6 is 46.7 Å². The van der Waals surface area contributed by atoms with Crippen molar-refractivity contribution in [2.45, 2.75) is 10.1 Å². The minimum atomic E-state index is -0.249. The van der Waals surface area contributed by atoms with Crippen LogP contribution in [0.5, 0.6) is 0 Å². The SMILES string of the molecule is CSc1ccc(/C=N\NC(=O)CSc2nnc(-c3ccc(Cl)cc3)n2-c2ccc(Cl)cc2)cc1. The molecule has 0 saturated heterocycles. The standard InChI is InChI=1S/C24H19Cl2N5OS2/c1-33-21-12-2-16(3-13-21)14-27-28-22(32)15-34-24-30-29-23(17-4-6-18(25)7-5-17)31(24)20-10-8-19(26)9-11-20/h2-14H,15H2,1H3,(H,28,32)/b27-14-. The molecular formula is C24H19Cl2N5OS2. The fourth-order valence-electron chi connectivity index (χ4n) is 3.00. The molecule has 0 spiro atoms. The first-order valence-electron chi connectivity index (χ1n) is 10.1. The second kappa shape index (κ2) is 11.6. The summed E-state index contributed by atoms with van der Waals surface area (Å²) in [6.07, 6.45) is 3.63. The van der Waals surface area contributed by atoms with E-state index in [0.717, 1.165) is 16.8 Å². The molecule has 34 heavy (non-hydrogen) atoms. The Hall–Kier alpha value is -2.78. The monoisotopic (exact) mass is 527 g/mol. The lowest BCUT2D eigenvalue weighted by Gasteiger charge is -2.10. The molecule has 1 heterocycles. The Balaban J connectivity index is 1.48. The summed E-state index contributed by atoms with van der Waals surface area (Å²) in [4.78, 5) is 13.5. The van der Waals surface area contributed by atoms with Gasteiger partial charge in [0.2, 0.25) is 0 Å². The van der Waals surface area contributed by atoms with Crippen molar-refractivity contribution in [3.8, 4) is 17.1 Å². The summed E-state index contributed by atoms with van der Waals surface area (Å²) in [6, 6.07) is 22.6. The minimum Gasteiger partial charge on any atom is -0.272 e. The first-order chi connectivity index (χ1) is 16.5. The van der Waals surface area contributed by atoms with Gasteiger partial charge in [-0.1, -0.05) is 47.1 Å².